The number of rotatable bonds is 6. The molecular formula is C21H21N7O. The van der Waals surface area contributed by atoms with Gasteiger partial charge in [0.05, 0.1) is 17.9 Å². The highest BCUT2D eigenvalue weighted by Crippen LogP contribution is 2.15. The predicted molar refractivity (Wildman–Crippen MR) is 108 cm³/mol. The maximum atomic E-state index is 12.6. The SMILES string of the molecule is Cc1nn(Cc2ccccc2)c(C)c1CNC(=O)c1ccc(-n2cnnn2)cc1. The lowest BCUT2D eigenvalue weighted by atomic mass is 10.1. The molecule has 0 bridgehead atoms. The third-order valence-corrected chi connectivity index (χ3v) is 4.88. The molecule has 0 saturated carbocycles. The van der Waals surface area contributed by atoms with Crippen LogP contribution in [0.4, 0.5) is 0 Å². The normalized spacial score (nSPS) is 10.8. The Balaban J connectivity index is 1.43. The molecule has 0 atom stereocenters. The van der Waals surface area contributed by atoms with Crippen LogP contribution in [0.3, 0.4) is 0 Å². The van der Waals surface area contributed by atoms with Gasteiger partial charge in [0.1, 0.15) is 6.33 Å². The number of tetrazole rings is 1. The van der Waals surface area contributed by atoms with Gasteiger partial charge in [0.2, 0.25) is 0 Å². The van der Waals surface area contributed by atoms with Gasteiger partial charge in [-0.05, 0) is 54.1 Å². The molecule has 8 heteroatoms. The van der Waals surface area contributed by atoms with E-state index in [2.05, 4.69) is 38.1 Å². The number of benzene rings is 2. The third-order valence-electron chi connectivity index (χ3n) is 4.88. The number of aromatic nitrogens is 6. The molecule has 2 aromatic carbocycles. The predicted octanol–water partition coefficient (Wildman–Crippen LogP) is 2.45. The summed E-state index contributed by atoms with van der Waals surface area (Å²) in [5.41, 5.74) is 5.58. The number of carbonyl (C=O) groups is 1. The van der Waals surface area contributed by atoms with Crippen LogP contribution < -0.4 is 5.32 Å². The van der Waals surface area contributed by atoms with Crippen molar-refractivity contribution in [1.82, 2.24) is 35.3 Å². The Kier molecular flexibility index (Phi) is 5.15. The Morgan fingerprint density at radius 3 is 2.48 bits per heavy atom. The largest absolute Gasteiger partial charge is 0.348 e. The summed E-state index contributed by atoms with van der Waals surface area (Å²) in [6, 6.07) is 17.3. The van der Waals surface area contributed by atoms with Crippen molar-refractivity contribution in [2.75, 3.05) is 0 Å². The molecule has 2 aromatic heterocycles. The van der Waals surface area contributed by atoms with Crippen molar-refractivity contribution in [3.05, 3.63) is 89.0 Å². The molecule has 2 heterocycles. The topological polar surface area (TPSA) is 90.5 Å². The van der Waals surface area contributed by atoms with Gasteiger partial charge in [-0.1, -0.05) is 30.3 Å². The summed E-state index contributed by atoms with van der Waals surface area (Å²) < 4.78 is 3.52. The van der Waals surface area contributed by atoms with E-state index in [0.717, 1.165) is 22.6 Å². The minimum atomic E-state index is -0.136. The van der Waals surface area contributed by atoms with E-state index in [-0.39, 0.29) is 5.91 Å². The number of amides is 1. The molecule has 0 aliphatic heterocycles. The summed E-state index contributed by atoms with van der Waals surface area (Å²) in [6.07, 6.45) is 1.51. The second-order valence-electron chi connectivity index (χ2n) is 6.78. The molecule has 0 radical (unpaired) electrons. The highest BCUT2D eigenvalue weighted by atomic mass is 16.1. The van der Waals surface area contributed by atoms with Crippen molar-refractivity contribution in [3.63, 3.8) is 0 Å². The average molecular weight is 387 g/mol. The molecule has 0 spiro atoms. The zero-order chi connectivity index (χ0) is 20.2. The van der Waals surface area contributed by atoms with Crippen LogP contribution in [0.1, 0.15) is 32.9 Å². The minimum absolute atomic E-state index is 0.136. The van der Waals surface area contributed by atoms with Gasteiger partial charge < -0.3 is 5.32 Å². The lowest BCUT2D eigenvalue weighted by Gasteiger charge is -2.08. The second kappa shape index (κ2) is 8.05. The van der Waals surface area contributed by atoms with Crippen LogP contribution in [0.15, 0.2) is 60.9 Å². The van der Waals surface area contributed by atoms with Gasteiger partial charge in [-0.2, -0.15) is 5.10 Å². The van der Waals surface area contributed by atoms with Crippen molar-refractivity contribution in [2.45, 2.75) is 26.9 Å². The molecule has 4 aromatic rings. The maximum Gasteiger partial charge on any atom is 0.251 e. The van der Waals surface area contributed by atoms with E-state index in [9.17, 15) is 4.79 Å². The minimum Gasteiger partial charge on any atom is -0.348 e. The fraction of sp³-hybridized carbons (Fsp3) is 0.190. The number of nitrogens with zero attached hydrogens (tertiary/aromatic N) is 6. The summed E-state index contributed by atoms with van der Waals surface area (Å²) >= 11 is 0. The number of carbonyl (C=O) groups excluding carboxylic acids is 1. The summed E-state index contributed by atoms with van der Waals surface area (Å²) in [4.78, 5) is 12.6. The van der Waals surface area contributed by atoms with E-state index in [0.29, 0.717) is 18.7 Å². The maximum absolute atomic E-state index is 12.6. The molecular weight excluding hydrogens is 366 g/mol. The average Bonchev–Trinajstić information content (AvgIpc) is 3.37. The van der Waals surface area contributed by atoms with Gasteiger partial charge in [0.15, 0.2) is 0 Å². The Labute approximate surface area is 168 Å². The second-order valence-corrected chi connectivity index (χ2v) is 6.78. The number of hydrogen-bond acceptors (Lipinski definition) is 5. The molecule has 1 amide bonds. The van der Waals surface area contributed by atoms with E-state index < -0.39 is 0 Å². The van der Waals surface area contributed by atoms with Crippen molar-refractivity contribution in [2.24, 2.45) is 0 Å². The number of nitrogens with one attached hydrogen (secondary N) is 1. The van der Waals surface area contributed by atoms with Crippen molar-refractivity contribution < 1.29 is 4.79 Å². The van der Waals surface area contributed by atoms with E-state index in [4.69, 9.17) is 0 Å². The highest BCUT2D eigenvalue weighted by molar-refractivity contribution is 5.94. The first-order valence-electron chi connectivity index (χ1n) is 9.30. The number of aryl methyl sites for hydroxylation is 1. The van der Waals surface area contributed by atoms with Gasteiger partial charge in [-0.3, -0.25) is 9.48 Å². The van der Waals surface area contributed by atoms with E-state index in [1.54, 1.807) is 24.3 Å². The van der Waals surface area contributed by atoms with Crippen LogP contribution in [0.2, 0.25) is 0 Å². The van der Waals surface area contributed by atoms with E-state index >= 15 is 0 Å². The molecule has 29 heavy (non-hydrogen) atoms. The Morgan fingerprint density at radius 1 is 1.03 bits per heavy atom. The zero-order valence-corrected chi connectivity index (χ0v) is 16.3. The van der Waals surface area contributed by atoms with Gasteiger partial charge in [0.25, 0.3) is 5.91 Å². The summed E-state index contributed by atoms with van der Waals surface area (Å²) in [6.45, 7) is 5.14. The van der Waals surface area contributed by atoms with Gasteiger partial charge in [-0.15, -0.1) is 5.10 Å². The van der Waals surface area contributed by atoms with Crippen LogP contribution in [-0.2, 0) is 13.1 Å². The smallest absolute Gasteiger partial charge is 0.251 e. The fourth-order valence-electron chi connectivity index (χ4n) is 3.22. The lowest BCUT2D eigenvalue weighted by molar-refractivity contribution is 0.0951. The van der Waals surface area contributed by atoms with Crippen molar-refractivity contribution in [1.29, 1.82) is 0 Å². The fourth-order valence-corrected chi connectivity index (χ4v) is 3.22. The molecule has 1 N–H and O–H groups in total. The van der Waals surface area contributed by atoms with Gasteiger partial charge in [0, 0.05) is 23.4 Å². The molecule has 0 saturated heterocycles. The first-order chi connectivity index (χ1) is 14.1. The van der Waals surface area contributed by atoms with Crippen LogP contribution >= 0.6 is 0 Å². The van der Waals surface area contributed by atoms with E-state index in [1.165, 1.54) is 16.6 Å². The van der Waals surface area contributed by atoms with Gasteiger partial charge >= 0.3 is 0 Å². The number of hydrogen-bond donors (Lipinski definition) is 1. The van der Waals surface area contributed by atoms with Crippen LogP contribution in [0.25, 0.3) is 5.69 Å². The van der Waals surface area contributed by atoms with Crippen molar-refractivity contribution in [3.8, 4) is 5.69 Å². The summed E-state index contributed by atoms with van der Waals surface area (Å²) in [7, 11) is 0. The summed E-state index contributed by atoms with van der Waals surface area (Å²) in [5, 5.41) is 18.7. The van der Waals surface area contributed by atoms with Crippen LogP contribution in [0, 0.1) is 13.8 Å². The third kappa shape index (κ3) is 4.06. The highest BCUT2D eigenvalue weighted by Gasteiger charge is 2.14. The monoisotopic (exact) mass is 387 g/mol. The molecule has 0 aliphatic carbocycles. The Hall–Kier alpha value is -3.81. The zero-order valence-electron chi connectivity index (χ0n) is 16.3. The van der Waals surface area contributed by atoms with E-state index in [1.807, 2.05) is 36.7 Å². The molecule has 0 fully saturated rings. The first-order valence-corrected chi connectivity index (χ1v) is 9.30. The lowest BCUT2D eigenvalue weighted by Crippen LogP contribution is -2.23. The molecule has 8 nitrogen and oxygen atoms in total. The van der Waals surface area contributed by atoms with Gasteiger partial charge in [-0.25, -0.2) is 4.68 Å². The standard InChI is InChI=1S/C21H21N7O/c1-15-20(16(2)27(24-15)13-17-6-4-3-5-7-17)12-22-21(29)18-8-10-19(11-9-18)28-14-23-25-26-28/h3-11,14H,12-13H2,1-2H3,(H,22,29). The van der Waals surface area contributed by atoms with Crippen molar-refractivity contribution >= 4 is 5.91 Å². The van der Waals surface area contributed by atoms with Crippen LogP contribution in [-0.4, -0.2) is 35.9 Å². The Morgan fingerprint density at radius 2 is 1.79 bits per heavy atom. The quantitative estimate of drug-likeness (QED) is 0.549. The first kappa shape index (κ1) is 18.5. The molecule has 4 rings (SSSR count). The van der Waals surface area contributed by atoms with Crippen LogP contribution in [0.5, 0.6) is 0 Å². The molecule has 0 aliphatic rings. The molecule has 0 unspecified atom stereocenters. The Bertz CT molecular complexity index is 1100. The summed E-state index contributed by atoms with van der Waals surface area (Å²) in [5.74, 6) is -0.136. The molecule has 146 valence electrons.